The molecule has 0 aromatic heterocycles. The molecule has 28 heavy (non-hydrogen) atoms. The molecule has 2 fully saturated rings. The van der Waals surface area contributed by atoms with Crippen LogP contribution < -0.4 is 9.64 Å². The van der Waals surface area contributed by atoms with Gasteiger partial charge in [0.15, 0.2) is 0 Å². The average Bonchev–Trinajstić information content (AvgIpc) is 2.73. The largest absolute Gasteiger partial charge is 0.495 e. The number of para-hydroxylation sites is 2. The van der Waals surface area contributed by atoms with E-state index in [4.69, 9.17) is 4.74 Å². The molecule has 8 nitrogen and oxygen atoms in total. The summed E-state index contributed by atoms with van der Waals surface area (Å²) in [6, 6.07) is 7.85. The van der Waals surface area contributed by atoms with E-state index in [1.165, 1.54) is 6.92 Å². The third kappa shape index (κ3) is 4.55. The van der Waals surface area contributed by atoms with Gasteiger partial charge in [0.1, 0.15) is 12.2 Å². The van der Waals surface area contributed by atoms with E-state index in [0.29, 0.717) is 52.4 Å². The first kappa shape index (κ1) is 20.0. The maximum Gasteiger partial charge on any atom is 0.232 e. The Morgan fingerprint density at radius 1 is 0.821 bits per heavy atom. The van der Waals surface area contributed by atoms with Crippen LogP contribution in [0.15, 0.2) is 24.3 Å². The van der Waals surface area contributed by atoms with Gasteiger partial charge in [-0.25, -0.2) is 0 Å². The van der Waals surface area contributed by atoms with E-state index in [1.807, 2.05) is 24.3 Å². The van der Waals surface area contributed by atoms with Gasteiger partial charge in [-0.1, -0.05) is 12.1 Å². The van der Waals surface area contributed by atoms with Crippen molar-refractivity contribution in [3.8, 4) is 5.75 Å². The van der Waals surface area contributed by atoms with Crippen molar-refractivity contribution >= 4 is 23.4 Å². The number of carbonyl (C=O) groups is 3. The Kier molecular flexibility index (Phi) is 6.38. The molecule has 152 valence electrons. The fraction of sp³-hybridized carbons (Fsp3) is 0.550. The summed E-state index contributed by atoms with van der Waals surface area (Å²) in [7, 11) is 1.65. The number of carbonyl (C=O) groups excluding carboxylic acids is 3. The minimum absolute atomic E-state index is 0.0242. The molecule has 0 aliphatic carbocycles. The number of ether oxygens (including phenoxy) is 1. The van der Waals surface area contributed by atoms with Crippen LogP contribution in [-0.4, -0.2) is 91.9 Å². The molecule has 8 heteroatoms. The highest BCUT2D eigenvalue weighted by Gasteiger charge is 2.27. The highest BCUT2D eigenvalue weighted by molar-refractivity contribution is 5.97. The highest BCUT2D eigenvalue weighted by Crippen LogP contribution is 2.28. The lowest BCUT2D eigenvalue weighted by Crippen LogP contribution is -2.52. The van der Waals surface area contributed by atoms with Gasteiger partial charge < -0.3 is 24.3 Å². The van der Waals surface area contributed by atoms with E-state index in [0.717, 1.165) is 11.4 Å². The zero-order valence-corrected chi connectivity index (χ0v) is 16.6. The van der Waals surface area contributed by atoms with Gasteiger partial charge >= 0.3 is 0 Å². The molecule has 2 aliphatic heterocycles. The van der Waals surface area contributed by atoms with Gasteiger partial charge in [0.05, 0.1) is 12.8 Å². The summed E-state index contributed by atoms with van der Waals surface area (Å²) >= 11 is 0. The van der Waals surface area contributed by atoms with E-state index in [2.05, 4.69) is 4.90 Å². The molecule has 0 spiro atoms. The SMILES string of the molecule is COc1ccccc1N1CCN(C(=O)CC(=O)N2CCN(C(C)=O)CC2)CC1. The van der Waals surface area contributed by atoms with Crippen LogP contribution in [0.2, 0.25) is 0 Å². The summed E-state index contributed by atoms with van der Waals surface area (Å²) in [5.74, 6) is 0.567. The maximum absolute atomic E-state index is 12.6. The van der Waals surface area contributed by atoms with Crippen LogP contribution in [0.4, 0.5) is 5.69 Å². The topological polar surface area (TPSA) is 73.4 Å². The molecule has 2 heterocycles. The fourth-order valence-corrected chi connectivity index (χ4v) is 3.71. The zero-order valence-electron chi connectivity index (χ0n) is 16.6. The number of amides is 3. The molecular weight excluding hydrogens is 360 g/mol. The molecule has 1 aromatic carbocycles. The van der Waals surface area contributed by atoms with Crippen molar-refractivity contribution in [2.75, 3.05) is 64.4 Å². The van der Waals surface area contributed by atoms with Gasteiger partial charge in [-0.3, -0.25) is 14.4 Å². The summed E-state index contributed by atoms with van der Waals surface area (Å²) in [6.07, 6.45) is -0.102. The molecule has 0 bridgehead atoms. The minimum Gasteiger partial charge on any atom is -0.495 e. The number of anilines is 1. The lowest BCUT2D eigenvalue weighted by atomic mass is 10.2. The standard InChI is InChI=1S/C20H28N4O4/c1-16(25)21-7-11-23(12-8-21)19(26)15-20(27)24-13-9-22(10-14-24)17-5-3-4-6-18(17)28-2/h3-6H,7-15H2,1-2H3. The Morgan fingerprint density at radius 3 is 1.86 bits per heavy atom. The molecule has 0 unspecified atom stereocenters. The molecule has 0 N–H and O–H groups in total. The number of hydrogen-bond donors (Lipinski definition) is 0. The molecular formula is C20H28N4O4. The van der Waals surface area contributed by atoms with Crippen LogP contribution in [0.25, 0.3) is 0 Å². The molecule has 2 saturated heterocycles. The normalized spacial score (nSPS) is 17.5. The van der Waals surface area contributed by atoms with Crippen molar-refractivity contribution in [1.82, 2.24) is 14.7 Å². The Balaban J connectivity index is 1.47. The molecule has 3 rings (SSSR count). The van der Waals surface area contributed by atoms with Crippen LogP contribution in [0, 0.1) is 0 Å². The molecule has 1 aromatic rings. The molecule has 0 radical (unpaired) electrons. The minimum atomic E-state index is -0.152. The predicted octanol–water partition coefficient (Wildman–Crippen LogP) is 0.425. The van der Waals surface area contributed by atoms with E-state index < -0.39 is 0 Å². The zero-order chi connectivity index (χ0) is 20.1. The number of rotatable bonds is 4. The van der Waals surface area contributed by atoms with Crippen LogP contribution >= 0.6 is 0 Å². The summed E-state index contributed by atoms with van der Waals surface area (Å²) in [6.45, 7) is 6.17. The number of methoxy groups -OCH3 is 1. The Hall–Kier alpha value is -2.77. The first-order valence-electron chi connectivity index (χ1n) is 9.68. The van der Waals surface area contributed by atoms with Crippen LogP contribution in [0.3, 0.4) is 0 Å². The average molecular weight is 388 g/mol. The number of nitrogens with zero attached hydrogens (tertiary/aromatic N) is 4. The van der Waals surface area contributed by atoms with Crippen LogP contribution in [0.5, 0.6) is 5.75 Å². The van der Waals surface area contributed by atoms with Crippen molar-refractivity contribution < 1.29 is 19.1 Å². The third-order valence-electron chi connectivity index (χ3n) is 5.44. The van der Waals surface area contributed by atoms with Crippen molar-refractivity contribution in [2.45, 2.75) is 13.3 Å². The Morgan fingerprint density at radius 2 is 1.32 bits per heavy atom. The highest BCUT2D eigenvalue weighted by atomic mass is 16.5. The second-order valence-corrected chi connectivity index (χ2v) is 7.10. The van der Waals surface area contributed by atoms with Gasteiger partial charge in [-0.15, -0.1) is 0 Å². The maximum atomic E-state index is 12.6. The van der Waals surface area contributed by atoms with E-state index in [1.54, 1.807) is 21.8 Å². The quantitative estimate of drug-likeness (QED) is 0.700. The number of benzene rings is 1. The fourth-order valence-electron chi connectivity index (χ4n) is 3.71. The number of piperazine rings is 2. The molecule has 3 amide bonds. The lowest BCUT2D eigenvalue weighted by Gasteiger charge is -2.37. The van der Waals surface area contributed by atoms with Gasteiger partial charge in [0.2, 0.25) is 17.7 Å². The molecule has 0 atom stereocenters. The third-order valence-corrected chi connectivity index (χ3v) is 5.44. The van der Waals surface area contributed by atoms with Gasteiger partial charge in [-0.2, -0.15) is 0 Å². The summed E-state index contributed by atoms with van der Waals surface area (Å²) < 4.78 is 5.42. The number of hydrogen-bond acceptors (Lipinski definition) is 5. The predicted molar refractivity (Wildman–Crippen MR) is 105 cm³/mol. The lowest BCUT2D eigenvalue weighted by molar-refractivity contribution is -0.144. The van der Waals surface area contributed by atoms with Crippen LogP contribution in [0.1, 0.15) is 13.3 Å². The second kappa shape index (κ2) is 8.95. The molecule has 0 saturated carbocycles. The van der Waals surface area contributed by atoms with E-state index in [-0.39, 0.29) is 24.1 Å². The van der Waals surface area contributed by atoms with Crippen molar-refractivity contribution in [2.24, 2.45) is 0 Å². The Bertz CT molecular complexity index is 723. The van der Waals surface area contributed by atoms with E-state index >= 15 is 0 Å². The summed E-state index contributed by atoms with van der Waals surface area (Å²) in [5.41, 5.74) is 1.02. The second-order valence-electron chi connectivity index (χ2n) is 7.10. The first-order valence-corrected chi connectivity index (χ1v) is 9.68. The Labute approximate surface area is 165 Å². The van der Waals surface area contributed by atoms with Gasteiger partial charge in [0, 0.05) is 59.3 Å². The summed E-state index contributed by atoms with van der Waals surface area (Å²) in [4.78, 5) is 43.8. The van der Waals surface area contributed by atoms with Crippen molar-refractivity contribution in [1.29, 1.82) is 0 Å². The molecule has 2 aliphatic rings. The monoisotopic (exact) mass is 388 g/mol. The van der Waals surface area contributed by atoms with Gasteiger partial charge in [0.25, 0.3) is 0 Å². The smallest absolute Gasteiger partial charge is 0.232 e. The van der Waals surface area contributed by atoms with E-state index in [9.17, 15) is 14.4 Å². The first-order chi connectivity index (χ1) is 13.5. The van der Waals surface area contributed by atoms with Crippen LogP contribution in [-0.2, 0) is 14.4 Å². The van der Waals surface area contributed by atoms with Crippen molar-refractivity contribution in [3.63, 3.8) is 0 Å². The van der Waals surface area contributed by atoms with Gasteiger partial charge in [-0.05, 0) is 12.1 Å². The van der Waals surface area contributed by atoms with Crippen molar-refractivity contribution in [3.05, 3.63) is 24.3 Å². The summed E-state index contributed by atoms with van der Waals surface area (Å²) in [5, 5.41) is 0.